The monoisotopic (exact) mass is 534 g/mol. The van der Waals surface area contributed by atoms with E-state index in [1.54, 1.807) is 0 Å². The van der Waals surface area contributed by atoms with Crippen LogP contribution in [0.1, 0.15) is 6.23 Å². The number of nitrogens with two attached hydrogens (primary N) is 1. The molecule has 0 bridgehead atoms. The maximum Gasteiger partial charge on any atom is 0.490 e. The summed E-state index contributed by atoms with van der Waals surface area (Å²) >= 11 is 0. The molecule has 0 spiro atoms. The first-order valence-electron chi connectivity index (χ1n) is 8.39. The van der Waals surface area contributed by atoms with Crippen LogP contribution in [0.3, 0.4) is 0 Å². The molecule has 6 atom stereocenters. The van der Waals surface area contributed by atoms with Crippen molar-refractivity contribution >= 4 is 53.1 Å². The van der Waals surface area contributed by atoms with Gasteiger partial charge >= 0.3 is 23.5 Å². The number of aliphatic hydroxyl groups is 2. The molecule has 22 heteroatoms. The minimum absolute atomic E-state index is 0.0506. The summed E-state index contributed by atoms with van der Waals surface area (Å²) in [4.78, 5) is 51.2. The lowest BCUT2D eigenvalue weighted by Crippen LogP contribution is -2.33. The number of phosphoric acid groups is 3. The summed E-state index contributed by atoms with van der Waals surface area (Å²) in [7, 11) is -16.8. The van der Waals surface area contributed by atoms with Crippen molar-refractivity contribution in [2.45, 2.75) is 24.5 Å². The lowest BCUT2D eigenvalue weighted by molar-refractivity contribution is -0.0493. The van der Waals surface area contributed by atoms with Crippen molar-refractivity contribution in [3.05, 3.63) is 6.33 Å². The smallest absolute Gasteiger partial charge is 0.387 e. The van der Waals surface area contributed by atoms with E-state index in [1.807, 2.05) is 0 Å². The van der Waals surface area contributed by atoms with Gasteiger partial charge in [0.25, 0.3) is 0 Å². The number of imidazole rings is 1. The number of aromatic nitrogens is 4. The fourth-order valence-electron chi connectivity index (χ4n) is 2.83. The van der Waals surface area contributed by atoms with Crippen LogP contribution in [0.5, 0.6) is 0 Å². The van der Waals surface area contributed by atoms with E-state index < -0.39 is 54.6 Å². The SMILES string of the molecule is C=Nc1ncnc2c1nc(N)n2C1OC(COP(=O)(O)OP(=O)(O)OP(=O)(O)O)C(O)C1O. The first-order valence-corrected chi connectivity index (χ1v) is 12.9. The zero-order valence-electron chi connectivity index (χ0n) is 16.0. The van der Waals surface area contributed by atoms with Crippen LogP contribution in [0.15, 0.2) is 11.3 Å². The minimum atomic E-state index is -5.73. The lowest BCUT2D eigenvalue weighted by atomic mass is 10.1. The summed E-state index contributed by atoms with van der Waals surface area (Å²) in [5.74, 6) is -0.150. The third kappa shape index (κ3) is 5.87. The number of nitrogen functional groups attached to an aromatic ring is 1. The molecule has 0 saturated carbocycles. The molecule has 2 aromatic rings. The first-order chi connectivity index (χ1) is 15.1. The molecule has 0 aliphatic carbocycles. The van der Waals surface area contributed by atoms with Gasteiger partial charge < -0.3 is 40.3 Å². The summed E-state index contributed by atoms with van der Waals surface area (Å²) in [6.45, 7) is 2.33. The van der Waals surface area contributed by atoms with Crippen LogP contribution in [-0.4, -0.2) is 80.9 Å². The van der Waals surface area contributed by atoms with E-state index in [0.717, 1.165) is 10.9 Å². The molecule has 19 nitrogen and oxygen atoms in total. The molecule has 1 fully saturated rings. The van der Waals surface area contributed by atoms with Crippen LogP contribution < -0.4 is 5.73 Å². The van der Waals surface area contributed by atoms with Gasteiger partial charge in [0.15, 0.2) is 23.2 Å². The van der Waals surface area contributed by atoms with E-state index in [1.165, 1.54) is 0 Å². The molecule has 184 valence electrons. The van der Waals surface area contributed by atoms with Crippen molar-refractivity contribution in [3.8, 4) is 0 Å². The van der Waals surface area contributed by atoms with Crippen LogP contribution in [0.25, 0.3) is 11.2 Å². The fraction of sp³-hybridized carbons (Fsp3) is 0.455. The summed E-state index contributed by atoms with van der Waals surface area (Å²) in [6.07, 6.45) is -5.26. The molecule has 0 aromatic carbocycles. The first kappa shape index (κ1) is 25.9. The van der Waals surface area contributed by atoms with E-state index in [0.29, 0.717) is 0 Å². The molecule has 3 rings (SSSR count). The summed E-state index contributed by atoms with van der Waals surface area (Å²) in [5.41, 5.74) is 6.00. The van der Waals surface area contributed by atoms with Crippen LogP contribution >= 0.6 is 23.5 Å². The Bertz CT molecular complexity index is 1200. The highest BCUT2D eigenvalue weighted by atomic mass is 31.3. The third-order valence-corrected chi connectivity index (χ3v) is 7.85. The van der Waals surface area contributed by atoms with Gasteiger partial charge in [0.1, 0.15) is 24.6 Å². The largest absolute Gasteiger partial charge is 0.490 e. The van der Waals surface area contributed by atoms with Crippen molar-refractivity contribution in [1.29, 1.82) is 0 Å². The molecule has 1 aliphatic rings. The predicted molar refractivity (Wildman–Crippen MR) is 105 cm³/mol. The van der Waals surface area contributed by atoms with Crippen molar-refractivity contribution in [1.82, 2.24) is 19.5 Å². The van der Waals surface area contributed by atoms with Gasteiger partial charge in [-0.3, -0.25) is 9.09 Å². The number of nitrogens with zero attached hydrogens (tertiary/aromatic N) is 5. The Morgan fingerprint density at radius 1 is 1.12 bits per heavy atom. The Labute approximate surface area is 182 Å². The second-order valence-electron chi connectivity index (χ2n) is 6.30. The summed E-state index contributed by atoms with van der Waals surface area (Å²) in [5, 5.41) is 20.6. The van der Waals surface area contributed by atoms with E-state index in [4.69, 9.17) is 25.2 Å². The molecular formula is C11H17N6O13P3. The van der Waals surface area contributed by atoms with E-state index in [9.17, 15) is 28.8 Å². The van der Waals surface area contributed by atoms with Gasteiger partial charge in [-0.25, -0.2) is 33.6 Å². The van der Waals surface area contributed by atoms with Crippen molar-refractivity contribution in [2.24, 2.45) is 4.99 Å². The number of ether oxygens (including phenoxy) is 1. The van der Waals surface area contributed by atoms with Crippen molar-refractivity contribution in [3.63, 3.8) is 0 Å². The molecule has 0 amide bonds. The lowest BCUT2D eigenvalue weighted by Gasteiger charge is -2.19. The highest BCUT2D eigenvalue weighted by Crippen LogP contribution is 2.66. The zero-order valence-corrected chi connectivity index (χ0v) is 18.7. The van der Waals surface area contributed by atoms with Crippen LogP contribution in [-0.2, 0) is 31.6 Å². The van der Waals surface area contributed by atoms with Gasteiger partial charge in [-0.1, -0.05) is 0 Å². The molecule has 8 N–H and O–H groups in total. The van der Waals surface area contributed by atoms with Gasteiger partial charge in [-0.05, 0) is 6.72 Å². The maximum absolute atomic E-state index is 11.8. The Morgan fingerprint density at radius 2 is 1.79 bits per heavy atom. The molecule has 1 saturated heterocycles. The topological polar surface area (TPSA) is 291 Å². The average Bonchev–Trinajstić information content (AvgIpc) is 3.13. The van der Waals surface area contributed by atoms with Crippen LogP contribution in [0, 0.1) is 0 Å². The Hall–Kier alpha value is -1.69. The number of aliphatic imine (C=N–C) groups is 1. The maximum atomic E-state index is 11.8. The van der Waals surface area contributed by atoms with E-state index in [-0.39, 0.29) is 22.9 Å². The number of hydrogen-bond acceptors (Lipinski definition) is 14. The second-order valence-corrected chi connectivity index (χ2v) is 10.7. The van der Waals surface area contributed by atoms with Gasteiger partial charge in [-0.2, -0.15) is 8.62 Å². The minimum Gasteiger partial charge on any atom is -0.387 e. The number of aliphatic hydroxyl groups excluding tert-OH is 2. The zero-order chi connectivity index (χ0) is 24.8. The molecule has 0 radical (unpaired) electrons. The highest BCUT2D eigenvalue weighted by molar-refractivity contribution is 7.66. The highest BCUT2D eigenvalue weighted by Gasteiger charge is 2.47. The average molecular weight is 534 g/mol. The Balaban J connectivity index is 1.75. The Kier molecular flexibility index (Phi) is 7.20. The van der Waals surface area contributed by atoms with E-state index in [2.05, 4.69) is 39.8 Å². The predicted octanol–water partition coefficient (Wildman–Crippen LogP) is -1.30. The van der Waals surface area contributed by atoms with Crippen LogP contribution in [0.2, 0.25) is 0 Å². The number of phosphoric ester groups is 1. The normalized spacial score (nSPS) is 27.3. The van der Waals surface area contributed by atoms with E-state index >= 15 is 0 Å². The quantitative estimate of drug-likeness (QED) is 0.145. The summed E-state index contributed by atoms with van der Waals surface area (Å²) in [6, 6.07) is 0. The molecule has 1 aliphatic heterocycles. The number of anilines is 1. The Morgan fingerprint density at radius 3 is 2.39 bits per heavy atom. The third-order valence-electron chi connectivity index (χ3n) is 4.04. The fourth-order valence-corrected chi connectivity index (χ4v) is 5.86. The standard InChI is InChI=1S/C11H17N6O13P3/c1-13-8-5-9(15-3-14-8)17(11(12)16-5)10-7(19)6(18)4(28-10)2-27-32(23,24)30-33(25,26)29-31(20,21)22/h3-4,6-7,10,18-19H,1-2H2,(H2,12,16)(H,23,24)(H,25,26)(H2,20,21,22). The van der Waals surface area contributed by atoms with Gasteiger partial charge in [-0.15, -0.1) is 0 Å². The van der Waals surface area contributed by atoms with Gasteiger partial charge in [0, 0.05) is 0 Å². The van der Waals surface area contributed by atoms with Crippen LogP contribution in [0.4, 0.5) is 11.8 Å². The number of fused-ring (bicyclic) bond motifs is 1. The number of rotatable bonds is 9. The molecule has 2 aromatic heterocycles. The molecule has 6 unspecified atom stereocenters. The number of hydrogen-bond donors (Lipinski definition) is 7. The van der Waals surface area contributed by atoms with Gasteiger partial charge in [0.05, 0.1) is 6.61 Å². The van der Waals surface area contributed by atoms with Gasteiger partial charge in [0.2, 0.25) is 5.95 Å². The molecular weight excluding hydrogens is 517 g/mol. The molecule has 33 heavy (non-hydrogen) atoms. The van der Waals surface area contributed by atoms with Crippen molar-refractivity contribution < 1.29 is 61.4 Å². The van der Waals surface area contributed by atoms with Crippen molar-refractivity contribution in [2.75, 3.05) is 12.3 Å². The molecule has 3 heterocycles. The second kappa shape index (κ2) is 9.16. The summed E-state index contributed by atoms with van der Waals surface area (Å²) < 4.78 is 52.0.